The number of allylic oxidation sites excluding steroid dienone is 3. The molecule has 0 aromatic heterocycles. The SMILES string of the molecule is CN=C(C)CC(C)C(C)C1(C)CC1C=C(C)CCOC1C=CCC=CC1C. The lowest BCUT2D eigenvalue weighted by molar-refractivity contribution is 0.0651. The van der Waals surface area contributed by atoms with Crippen LogP contribution in [0.4, 0.5) is 0 Å². The van der Waals surface area contributed by atoms with Crippen molar-refractivity contribution >= 4 is 5.71 Å². The van der Waals surface area contributed by atoms with Crippen molar-refractivity contribution in [3.05, 3.63) is 36.0 Å². The first-order chi connectivity index (χ1) is 12.8. The highest BCUT2D eigenvalue weighted by Gasteiger charge is 2.53. The molecule has 0 bridgehead atoms. The zero-order valence-corrected chi connectivity index (χ0v) is 18.7. The summed E-state index contributed by atoms with van der Waals surface area (Å²) in [4.78, 5) is 4.35. The van der Waals surface area contributed by atoms with Crippen LogP contribution in [0.3, 0.4) is 0 Å². The van der Waals surface area contributed by atoms with Gasteiger partial charge in [-0.2, -0.15) is 0 Å². The van der Waals surface area contributed by atoms with E-state index in [2.05, 4.69) is 76.9 Å². The molecule has 152 valence electrons. The highest BCUT2D eigenvalue weighted by molar-refractivity contribution is 5.81. The van der Waals surface area contributed by atoms with Crippen molar-refractivity contribution in [2.24, 2.45) is 34.1 Å². The fourth-order valence-corrected chi connectivity index (χ4v) is 4.43. The minimum Gasteiger partial charge on any atom is -0.373 e. The lowest BCUT2D eigenvalue weighted by Gasteiger charge is -2.27. The molecule has 0 heterocycles. The van der Waals surface area contributed by atoms with Crippen LogP contribution in [-0.4, -0.2) is 25.5 Å². The molecule has 2 aliphatic carbocycles. The van der Waals surface area contributed by atoms with E-state index >= 15 is 0 Å². The monoisotopic (exact) mass is 371 g/mol. The van der Waals surface area contributed by atoms with Gasteiger partial charge in [0, 0.05) is 18.7 Å². The number of aliphatic imine (C=N–C) groups is 1. The van der Waals surface area contributed by atoms with Gasteiger partial charge >= 0.3 is 0 Å². The average molecular weight is 372 g/mol. The maximum Gasteiger partial charge on any atom is 0.0815 e. The minimum absolute atomic E-state index is 0.229. The molecule has 0 spiro atoms. The highest BCUT2D eigenvalue weighted by atomic mass is 16.5. The molecule has 27 heavy (non-hydrogen) atoms. The number of rotatable bonds is 9. The van der Waals surface area contributed by atoms with Crippen LogP contribution < -0.4 is 0 Å². The fourth-order valence-electron chi connectivity index (χ4n) is 4.43. The number of nitrogens with zero attached hydrogens (tertiary/aromatic N) is 1. The Morgan fingerprint density at radius 2 is 1.96 bits per heavy atom. The molecule has 2 rings (SSSR count). The third-order valence-corrected chi connectivity index (χ3v) is 7.09. The van der Waals surface area contributed by atoms with Gasteiger partial charge in [0.15, 0.2) is 0 Å². The van der Waals surface area contributed by atoms with Crippen molar-refractivity contribution in [3.63, 3.8) is 0 Å². The van der Waals surface area contributed by atoms with Crippen molar-refractivity contribution in [2.75, 3.05) is 13.7 Å². The van der Waals surface area contributed by atoms with Crippen molar-refractivity contribution < 1.29 is 4.74 Å². The molecular weight excluding hydrogens is 330 g/mol. The third kappa shape index (κ3) is 6.17. The summed E-state index contributed by atoms with van der Waals surface area (Å²) in [5.74, 6) is 2.62. The standard InChI is InChI=1S/C25H41NO/c1-18(13-14-27-24-12-10-8-9-11-19(24)2)15-23-17-25(23,6)22(5)20(3)16-21(4)26-7/h9-12,15,19-20,22-24H,8,13-14,16-17H2,1-7H3. The number of hydrogen-bond acceptors (Lipinski definition) is 2. The molecule has 1 saturated carbocycles. The van der Waals surface area contributed by atoms with E-state index in [4.69, 9.17) is 4.74 Å². The van der Waals surface area contributed by atoms with Crippen molar-refractivity contribution in [2.45, 2.75) is 73.3 Å². The quantitative estimate of drug-likeness (QED) is 0.329. The molecule has 0 N–H and O–H groups in total. The summed E-state index contributed by atoms with van der Waals surface area (Å²) in [6.07, 6.45) is 16.2. The van der Waals surface area contributed by atoms with Gasteiger partial charge in [-0.05, 0) is 62.7 Å². The van der Waals surface area contributed by atoms with Gasteiger partial charge in [-0.3, -0.25) is 4.99 Å². The summed E-state index contributed by atoms with van der Waals surface area (Å²) in [5.41, 5.74) is 3.21. The molecule has 0 amide bonds. The molecule has 2 nitrogen and oxygen atoms in total. The topological polar surface area (TPSA) is 21.6 Å². The van der Waals surface area contributed by atoms with Crippen molar-refractivity contribution in [3.8, 4) is 0 Å². The summed E-state index contributed by atoms with van der Waals surface area (Å²) in [6.45, 7) is 14.8. The maximum atomic E-state index is 6.15. The van der Waals surface area contributed by atoms with Crippen molar-refractivity contribution in [1.82, 2.24) is 0 Å². The molecule has 6 atom stereocenters. The van der Waals surface area contributed by atoms with E-state index in [0.29, 0.717) is 17.3 Å². The lowest BCUT2D eigenvalue weighted by Crippen LogP contribution is -2.21. The van der Waals surface area contributed by atoms with Gasteiger partial charge in [0.05, 0.1) is 12.7 Å². The van der Waals surface area contributed by atoms with Crippen LogP contribution in [0.15, 0.2) is 40.9 Å². The third-order valence-electron chi connectivity index (χ3n) is 7.09. The first kappa shape index (κ1) is 22.1. The second kappa shape index (κ2) is 9.87. The van der Waals surface area contributed by atoms with Crippen LogP contribution in [0.25, 0.3) is 0 Å². The Morgan fingerprint density at radius 3 is 2.67 bits per heavy atom. The zero-order valence-electron chi connectivity index (χ0n) is 18.7. The summed E-state index contributed by atoms with van der Waals surface area (Å²) in [6, 6.07) is 0. The van der Waals surface area contributed by atoms with Gasteiger partial charge in [0.1, 0.15) is 0 Å². The van der Waals surface area contributed by atoms with Gasteiger partial charge < -0.3 is 4.74 Å². The molecule has 0 aromatic carbocycles. The van der Waals surface area contributed by atoms with E-state index in [1.807, 2.05) is 7.05 Å². The van der Waals surface area contributed by atoms with E-state index in [-0.39, 0.29) is 6.10 Å². The number of hydrogen-bond donors (Lipinski definition) is 0. The van der Waals surface area contributed by atoms with Crippen molar-refractivity contribution in [1.29, 1.82) is 0 Å². The van der Waals surface area contributed by atoms with E-state index < -0.39 is 0 Å². The van der Waals surface area contributed by atoms with E-state index in [9.17, 15) is 0 Å². The van der Waals surface area contributed by atoms with Crippen LogP contribution in [0, 0.1) is 29.1 Å². The second-order valence-electron chi connectivity index (χ2n) is 9.29. The van der Waals surface area contributed by atoms with Crippen LogP contribution in [0.1, 0.15) is 67.2 Å². The Balaban J connectivity index is 1.80. The maximum absolute atomic E-state index is 6.15. The molecule has 0 radical (unpaired) electrons. The summed E-state index contributed by atoms with van der Waals surface area (Å²) in [7, 11) is 1.91. The van der Waals surface area contributed by atoms with Gasteiger partial charge in [-0.1, -0.05) is 63.6 Å². The van der Waals surface area contributed by atoms with E-state index in [1.54, 1.807) is 0 Å². The predicted molar refractivity (Wildman–Crippen MR) is 118 cm³/mol. The zero-order chi connectivity index (χ0) is 20.0. The average Bonchev–Trinajstić information content (AvgIpc) is 3.33. The van der Waals surface area contributed by atoms with Crippen LogP contribution in [-0.2, 0) is 4.74 Å². The Morgan fingerprint density at radius 1 is 1.26 bits per heavy atom. The first-order valence-electron chi connectivity index (χ1n) is 10.8. The molecule has 2 aliphatic rings. The van der Waals surface area contributed by atoms with E-state index in [1.165, 1.54) is 17.7 Å². The molecular formula is C25H41NO. The molecule has 2 heteroatoms. The Bertz CT molecular complexity index is 599. The Kier molecular flexibility index (Phi) is 8.09. The molecule has 0 saturated heterocycles. The summed E-state index contributed by atoms with van der Waals surface area (Å²) >= 11 is 0. The highest BCUT2D eigenvalue weighted by Crippen LogP contribution is 2.60. The van der Waals surface area contributed by atoms with Crippen LogP contribution in [0.2, 0.25) is 0 Å². The summed E-state index contributed by atoms with van der Waals surface area (Å²) < 4.78 is 6.15. The largest absolute Gasteiger partial charge is 0.373 e. The van der Waals surface area contributed by atoms with Gasteiger partial charge in [-0.25, -0.2) is 0 Å². The molecule has 0 aliphatic heterocycles. The van der Waals surface area contributed by atoms with E-state index in [0.717, 1.165) is 37.7 Å². The number of ether oxygens (including phenoxy) is 1. The summed E-state index contributed by atoms with van der Waals surface area (Å²) in [5, 5.41) is 0. The van der Waals surface area contributed by atoms with Crippen LogP contribution >= 0.6 is 0 Å². The second-order valence-corrected chi connectivity index (χ2v) is 9.29. The van der Waals surface area contributed by atoms with Crippen LogP contribution in [0.5, 0.6) is 0 Å². The Labute approximate surface area is 167 Å². The smallest absolute Gasteiger partial charge is 0.0815 e. The normalized spacial score (nSPS) is 33.7. The lowest BCUT2D eigenvalue weighted by atomic mass is 9.78. The van der Waals surface area contributed by atoms with Gasteiger partial charge in [0.2, 0.25) is 0 Å². The van der Waals surface area contributed by atoms with Gasteiger partial charge in [0.25, 0.3) is 0 Å². The fraction of sp³-hybridized carbons (Fsp3) is 0.720. The predicted octanol–water partition coefficient (Wildman–Crippen LogP) is 6.64. The minimum atomic E-state index is 0.229. The first-order valence-corrected chi connectivity index (χ1v) is 10.8. The molecule has 0 aromatic rings. The Hall–Kier alpha value is -1.15. The molecule has 1 fully saturated rings. The van der Waals surface area contributed by atoms with Gasteiger partial charge in [-0.15, -0.1) is 0 Å². The molecule has 6 unspecified atom stereocenters.